The van der Waals surface area contributed by atoms with Crippen molar-refractivity contribution in [2.75, 3.05) is 31.6 Å². The van der Waals surface area contributed by atoms with E-state index in [1.807, 2.05) is 6.07 Å². The molecule has 0 radical (unpaired) electrons. The molecule has 0 unspecified atom stereocenters. The lowest BCUT2D eigenvalue weighted by molar-refractivity contribution is -0.149. The van der Waals surface area contributed by atoms with Crippen molar-refractivity contribution in [3.05, 3.63) is 58.5 Å². The van der Waals surface area contributed by atoms with E-state index in [0.717, 1.165) is 11.6 Å². The smallest absolute Gasteiger partial charge is 0.414 e. The summed E-state index contributed by atoms with van der Waals surface area (Å²) in [4.78, 5) is 66.1. The number of benzene rings is 1. The molecule has 1 aromatic heterocycles. The van der Waals surface area contributed by atoms with Crippen molar-refractivity contribution in [3.8, 4) is 0 Å². The predicted molar refractivity (Wildman–Crippen MR) is 136 cm³/mol. The Morgan fingerprint density at radius 2 is 1.74 bits per heavy atom. The lowest BCUT2D eigenvalue weighted by atomic mass is 10.2. The van der Waals surface area contributed by atoms with Gasteiger partial charge in [-0.15, -0.1) is 0 Å². The summed E-state index contributed by atoms with van der Waals surface area (Å²) in [5.41, 5.74) is -0.587. The molecule has 2 rings (SSSR count). The summed E-state index contributed by atoms with van der Waals surface area (Å²) in [6.07, 6.45) is -0.272. The van der Waals surface area contributed by atoms with Gasteiger partial charge in [0.1, 0.15) is 25.3 Å². The summed E-state index contributed by atoms with van der Waals surface area (Å²) in [6, 6.07) is 10.1. The minimum absolute atomic E-state index is 0.000603. The molecule has 0 fully saturated rings. The van der Waals surface area contributed by atoms with Crippen LogP contribution in [-0.4, -0.2) is 70.4 Å². The van der Waals surface area contributed by atoms with Gasteiger partial charge in [0, 0.05) is 25.4 Å². The van der Waals surface area contributed by atoms with E-state index in [9.17, 15) is 24.0 Å². The number of nitrogens with one attached hydrogen (secondary N) is 2. The second-order valence-electron chi connectivity index (χ2n) is 8.95. The molecular formula is C25H33N5O8. The Morgan fingerprint density at radius 1 is 1.03 bits per heavy atom. The molecule has 0 saturated carbocycles. The van der Waals surface area contributed by atoms with Crippen LogP contribution in [0.2, 0.25) is 0 Å². The van der Waals surface area contributed by atoms with Crippen LogP contribution in [0.15, 0.2) is 47.4 Å². The number of carbonyl (C=O) groups is 4. The van der Waals surface area contributed by atoms with Gasteiger partial charge in [0.2, 0.25) is 11.9 Å². The average molecular weight is 532 g/mol. The molecule has 0 bridgehead atoms. The maximum atomic E-state index is 13.1. The van der Waals surface area contributed by atoms with Crippen LogP contribution >= 0.6 is 0 Å². The Morgan fingerprint density at radius 3 is 2.39 bits per heavy atom. The van der Waals surface area contributed by atoms with E-state index in [1.165, 1.54) is 15.7 Å². The highest BCUT2D eigenvalue weighted by Crippen LogP contribution is 2.08. The standard InChI is InChI=1S/C25H33N5O8/c1-5-36-21(33)16-29(14-12-26-23(34)38-25(2,3)4)20(32)15-30-13-11-19(31)27-22(30)28-24(35)37-17-18-9-7-6-8-10-18/h6-11,13H,5,12,14-17H2,1-4H3,(H,26,34)(H,27,28,31,35). The third-order valence-electron chi connectivity index (χ3n) is 4.65. The van der Waals surface area contributed by atoms with Crippen LogP contribution in [0.5, 0.6) is 0 Å². The normalized spacial score (nSPS) is 10.7. The first kappa shape index (κ1) is 29.8. The van der Waals surface area contributed by atoms with Crippen LogP contribution in [0, 0.1) is 0 Å². The van der Waals surface area contributed by atoms with Gasteiger partial charge in [-0.25, -0.2) is 9.59 Å². The topological polar surface area (TPSA) is 158 Å². The zero-order valence-electron chi connectivity index (χ0n) is 21.9. The van der Waals surface area contributed by atoms with Crippen LogP contribution in [0.25, 0.3) is 0 Å². The fraction of sp³-hybridized carbons (Fsp3) is 0.440. The molecule has 0 aliphatic carbocycles. The summed E-state index contributed by atoms with van der Waals surface area (Å²) in [7, 11) is 0. The summed E-state index contributed by atoms with van der Waals surface area (Å²) < 4.78 is 16.5. The molecule has 2 N–H and O–H groups in total. The quantitative estimate of drug-likeness (QED) is 0.326. The van der Waals surface area contributed by atoms with Gasteiger partial charge >= 0.3 is 18.2 Å². The van der Waals surface area contributed by atoms with Crippen molar-refractivity contribution in [3.63, 3.8) is 0 Å². The summed E-state index contributed by atoms with van der Waals surface area (Å²) >= 11 is 0. The van der Waals surface area contributed by atoms with E-state index in [1.54, 1.807) is 52.0 Å². The van der Waals surface area contributed by atoms with Gasteiger partial charge in [0.05, 0.1) is 6.61 Å². The molecule has 0 aliphatic heterocycles. The van der Waals surface area contributed by atoms with Crippen LogP contribution < -0.4 is 16.2 Å². The van der Waals surface area contributed by atoms with Crippen molar-refractivity contribution in [2.24, 2.45) is 0 Å². The van der Waals surface area contributed by atoms with Gasteiger partial charge in [0.15, 0.2) is 0 Å². The van der Waals surface area contributed by atoms with Crippen molar-refractivity contribution in [1.82, 2.24) is 19.8 Å². The Balaban J connectivity index is 2.07. The van der Waals surface area contributed by atoms with Crippen LogP contribution in [-0.2, 0) is 37.0 Å². The molecule has 0 atom stereocenters. The molecule has 2 aromatic rings. The van der Waals surface area contributed by atoms with Gasteiger partial charge in [-0.3, -0.25) is 19.7 Å². The monoisotopic (exact) mass is 531 g/mol. The highest BCUT2D eigenvalue weighted by atomic mass is 16.6. The molecule has 0 saturated heterocycles. The van der Waals surface area contributed by atoms with Crippen LogP contribution in [0.3, 0.4) is 0 Å². The number of anilines is 1. The SMILES string of the molecule is CCOC(=O)CN(CCNC(=O)OC(C)(C)C)C(=O)Cn1ccc(=O)nc1NC(=O)OCc1ccccc1. The van der Waals surface area contributed by atoms with Crippen LogP contribution in [0.4, 0.5) is 15.5 Å². The number of aromatic nitrogens is 2. The second-order valence-corrected chi connectivity index (χ2v) is 8.95. The van der Waals surface area contributed by atoms with Gasteiger partial charge in [-0.2, -0.15) is 4.98 Å². The van der Waals surface area contributed by atoms with Crippen molar-refractivity contribution in [2.45, 2.75) is 46.4 Å². The zero-order valence-corrected chi connectivity index (χ0v) is 21.9. The lowest BCUT2D eigenvalue weighted by Gasteiger charge is -2.24. The second kappa shape index (κ2) is 14.4. The first-order chi connectivity index (χ1) is 18.0. The van der Waals surface area contributed by atoms with E-state index in [2.05, 4.69) is 15.6 Å². The Kier molecular flexibility index (Phi) is 11.3. The first-order valence-corrected chi connectivity index (χ1v) is 11.9. The maximum absolute atomic E-state index is 13.1. The number of alkyl carbamates (subject to hydrolysis) is 1. The number of rotatable bonds is 11. The molecule has 3 amide bonds. The van der Waals surface area contributed by atoms with Gasteiger partial charge in [0.25, 0.3) is 5.56 Å². The molecule has 0 aliphatic rings. The van der Waals surface area contributed by atoms with Gasteiger partial charge in [-0.05, 0) is 33.3 Å². The number of hydrogen-bond acceptors (Lipinski definition) is 9. The van der Waals surface area contributed by atoms with Crippen molar-refractivity contribution >= 4 is 30.0 Å². The number of amides is 3. The number of nitrogens with zero attached hydrogens (tertiary/aromatic N) is 3. The fourth-order valence-corrected chi connectivity index (χ4v) is 3.02. The predicted octanol–water partition coefficient (Wildman–Crippen LogP) is 1.91. The Bertz CT molecular complexity index is 1160. The molecule has 38 heavy (non-hydrogen) atoms. The van der Waals surface area contributed by atoms with Crippen molar-refractivity contribution in [1.29, 1.82) is 0 Å². The molecular weight excluding hydrogens is 498 g/mol. The highest BCUT2D eigenvalue weighted by molar-refractivity contribution is 5.84. The summed E-state index contributed by atoms with van der Waals surface area (Å²) in [5.74, 6) is -1.42. The molecule has 1 aromatic carbocycles. The molecule has 13 nitrogen and oxygen atoms in total. The first-order valence-electron chi connectivity index (χ1n) is 11.9. The van der Waals surface area contributed by atoms with Gasteiger partial charge < -0.3 is 29.0 Å². The third kappa shape index (κ3) is 11.1. The minimum atomic E-state index is -0.877. The molecule has 1 heterocycles. The van der Waals surface area contributed by atoms with E-state index in [-0.39, 0.29) is 45.3 Å². The zero-order chi connectivity index (χ0) is 28.1. The van der Waals surface area contributed by atoms with E-state index < -0.39 is 35.2 Å². The highest BCUT2D eigenvalue weighted by Gasteiger charge is 2.21. The van der Waals surface area contributed by atoms with Crippen LogP contribution in [0.1, 0.15) is 33.3 Å². The Hall–Kier alpha value is -4.42. The van der Waals surface area contributed by atoms with E-state index >= 15 is 0 Å². The largest absolute Gasteiger partial charge is 0.465 e. The number of esters is 1. The molecule has 13 heteroatoms. The number of hydrogen-bond donors (Lipinski definition) is 2. The van der Waals surface area contributed by atoms with Gasteiger partial charge in [-0.1, -0.05) is 30.3 Å². The minimum Gasteiger partial charge on any atom is -0.465 e. The average Bonchev–Trinajstić information content (AvgIpc) is 2.83. The van der Waals surface area contributed by atoms with Crippen molar-refractivity contribution < 1.29 is 33.4 Å². The lowest BCUT2D eigenvalue weighted by Crippen LogP contribution is -2.44. The molecule has 206 valence electrons. The fourth-order valence-electron chi connectivity index (χ4n) is 3.02. The number of carbonyl (C=O) groups excluding carboxylic acids is 4. The summed E-state index contributed by atoms with van der Waals surface area (Å²) in [6.45, 7) is 6.09. The molecule has 0 spiro atoms. The van der Waals surface area contributed by atoms with E-state index in [0.29, 0.717) is 0 Å². The maximum Gasteiger partial charge on any atom is 0.414 e. The number of ether oxygens (including phenoxy) is 3. The third-order valence-corrected chi connectivity index (χ3v) is 4.65. The summed E-state index contributed by atoms with van der Waals surface area (Å²) in [5, 5.41) is 4.89. The Labute approximate surface area is 220 Å². The van der Waals surface area contributed by atoms with E-state index in [4.69, 9.17) is 14.2 Å².